The first-order valence-corrected chi connectivity index (χ1v) is 11.7. The summed E-state index contributed by atoms with van der Waals surface area (Å²) in [7, 11) is 3.48. The number of anilines is 2. The van der Waals surface area contributed by atoms with Crippen molar-refractivity contribution in [1.29, 1.82) is 0 Å². The van der Waals surface area contributed by atoms with Crippen LogP contribution in [0.25, 0.3) is 20.8 Å². The summed E-state index contributed by atoms with van der Waals surface area (Å²) in [5.74, 6) is -0.972. The molecule has 4 aromatic rings. The van der Waals surface area contributed by atoms with Crippen LogP contribution in [0.1, 0.15) is 15.2 Å². The molecule has 0 bridgehead atoms. The largest absolute Gasteiger partial charge is 0.416 e. The minimum Gasteiger partial charge on any atom is -0.323 e. The van der Waals surface area contributed by atoms with Crippen LogP contribution in [-0.2, 0) is 11.0 Å². The van der Waals surface area contributed by atoms with Crippen LogP contribution in [0.2, 0.25) is 0 Å². The van der Waals surface area contributed by atoms with E-state index >= 15 is 0 Å². The highest BCUT2D eigenvalue weighted by molar-refractivity contribution is 7.21. The van der Waals surface area contributed by atoms with Gasteiger partial charge in [0.2, 0.25) is 5.91 Å². The summed E-state index contributed by atoms with van der Waals surface area (Å²) in [5.41, 5.74) is 0.125. The van der Waals surface area contributed by atoms with E-state index < -0.39 is 17.6 Å². The lowest BCUT2D eigenvalue weighted by Gasteiger charge is -2.12. The number of thiophene rings is 2. The molecule has 0 saturated carbocycles. The standard InChI is InChI=1S/C23H19F3N4O2S2/c1-30(2)12-18(31)29-19-15-8-9-16(17-7-4-10-33-17)28-22(15)34-20(19)21(32)27-14-6-3-5-13(11-14)23(24,25)26/h3-11H,12H2,1-2H3,(H,27,32)(H,29,31). The average molecular weight is 505 g/mol. The molecule has 0 spiro atoms. The van der Waals surface area contributed by atoms with Crippen LogP contribution in [0.3, 0.4) is 0 Å². The molecular weight excluding hydrogens is 485 g/mol. The fourth-order valence-corrected chi connectivity index (χ4v) is 4.97. The van der Waals surface area contributed by atoms with Gasteiger partial charge in [-0.3, -0.25) is 9.59 Å². The predicted molar refractivity (Wildman–Crippen MR) is 130 cm³/mol. The molecule has 34 heavy (non-hydrogen) atoms. The van der Waals surface area contributed by atoms with E-state index in [-0.39, 0.29) is 28.7 Å². The summed E-state index contributed by atoms with van der Waals surface area (Å²) in [6.45, 7) is 0.0900. The molecule has 6 nitrogen and oxygen atoms in total. The molecule has 0 saturated heterocycles. The molecule has 2 amide bonds. The Labute approximate surface area is 201 Å². The SMILES string of the molecule is CN(C)CC(=O)Nc1c(C(=O)Nc2cccc(C(F)(F)F)c2)sc2nc(-c3cccs3)ccc12. The van der Waals surface area contributed by atoms with Gasteiger partial charge < -0.3 is 15.5 Å². The van der Waals surface area contributed by atoms with Gasteiger partial charge in [-0.05, 0) is 55.9 Å². The van der Waals surface area contributed by atoms with E-state index in [1.54, 1.807) is 31.1 Å². The van der Waals surface area contributed by atoms with Crippen molar-refractivity contribution in [2.24, 2.45) is 0 Å². The first kappa shape index (κ1) is 23.9. The normalized spacial score (nSPS) is 11.7. The van der Waals surface area contributed by atoms with Crippen LogP contribution in [0, 0.1) is 0 Å². The van der Waals surface area contributed by atoms with Gasteiger partial charge in [0.1, 0.15) is 9.71 Å². The number of hydrogen-bond acceptors (Lipinski definition) is 6. The fraction of sp³-hybridized carbons (Fsp3) is 0.174. The van der Waals surface area contributed by atoms with Crippen molar-refractivity contribution in [2.75, 3.05) is 31.3 Å². The zero-order chi connectivity index (χ0) is 24.5. The van der Waals surface area contributed by atoms with E-state index in [1.165, 1.54) is 23.5 Å². The van der Waals surface area contributed by atoms with Gasteiger partial charge in [-0.15, -0.1) is 22.7 Å². The number of hydrogen-bond donors (Lipinski definition) is 2. The molecule has 0 aliphatic rings. The second-order valence-electron chi connectivity index (χ2n) is 7.65. The number of nitrogens with one attached hydrogen (secondary N) is 2. The van der Waals surface area contributed by atoms with Crippen LogP contribution in [0.5, 0.6) is 0 Å². The van der Waals surface area contributed by atoms with Crippen molar-refractivity contribution in [1.82, 2.24) is 9.88 Å². The third-order valence-corrected chi connectivity index (χ3v) is 6.70. The molecule has 3 aromatic heterocycles. The zero-order valence-corrected chi connectivity index (χ0v) is 19.7. The third-order valence-electron chi connectivity index (χ3n) is 4.71. The quantitative estimate of drug-likeness (QED) is 0.348. The van der Waals surface area contributed by atoms with E-state index in [0.29, 0.717) is 10.2 Å². The van der Waals surface area contributed by atoms with E-state index in [1.807, 2.05) is 17.5 Å². The molecule has 11 heteroatoms. The maximum atomic E-state index is 13.1. The Morgan fingerprint density at radius 1 is 1.06 bits per heavy atom. The lowest BCUT2D eigenvalue weighted by Crippen LogP contribution is -2.27. The fourth-order valence-electron chi connectivity index (χ4n) is 3.25. The molecule has 4 rings (SSSR count). The van der Waals surface area contributed by atoms with Crippen molar-refractivity contribution in [3.05, 3.63) is 64.4 Å². The van der Waals surface area contributed by atoms with Gasteiger partial charge >= 0.3 is 6.18 Å². The Bertz CT molecular complexity index is 1350. The van der Waals surface area contributed by atoms with Gasteiger partial charge in [-0.25, -0.2) is 4.98 Å². The first-order chi connectivity index (χ1) is 16.1. The highest BCUT2D eigenvalue weighted by Crippen LogP contribution is 2.38. The number of pyridine rings is 1. The van der Waals surface area contributed by atoms with Crippen molar-refractivity contribution in [3.8, 4) is 10.6 Å². The topological polar surface area (TPSA) is 74.3 Å². The molecule has 176 valence electrons. The number of fused-ring (bicyclic) bond motifs is 1. The van der Waals surface area contributed by atoms with Crippen molar-refractivity contribution < 1.29 is 22.8 Å². The van der Waals surface area contributed by atoms with Crippen molar-refractivity contribution >= 4 is 56.1 Å². The number of nitrogens with zero attached hydrogens (tertiary/aromatic N) is 2. The Kier molecular flexibility index (Phi) is 6.69. The van der Waals surface area contributed by atoms with Gasteiger partial charge in [-0.2, -0.15) is 13.2 Å². The van der Waals surface area contributed by atoms with E-state index in [9.17, 15) is 22.8 Å². The summed E-state index contributed by atoms with van der Waals surface area (Å²) in [6, 6.07) is 11.8. The number of aromatic nitrogens is 1. The lowest BCUT2D eigenvalue weighted by molar-refractivity contribution is -0.137. The molecule has 0 unspecified atom stereocenters. The molecule has 0 atom stereocenters. The molecule has 0 aliphatic heterocycles. The molecule has 3 heterocycles. The highest BCUT2D eigenvalue weighted by Gasteiger charge is 2.30. The van der Waals surface area contributed by atoms with Gasteiger partial charge in [0.15, 0.2) is 0 Å². The van der Waals surface area contributed by atoms with Gasteiger partial charge in [0.05, 0.1) is 28.4 Å². The number of benzene rings is 1. The smallest absolute Gasteiger partial charge is 0.323 e. The molecule has 0 fully saturated rings. The minimum absolute atomic E-state index is 0.00455. The number of alkyl halides is 3. The number of likely N-dealkylation sites (N-methyl/N-ethyl adjacent to an activating group) is 1. The minimum atomic E-state index is -4.54. The zero-order valence-electron chi connectivity index (χ0n) is 18.1. The Morgan fingerprint density at radius 3 is 2.53 bits per heavy atom. The predicted octanol–water partition coefficient (Wildman–Crippen LogP) is 5.80. The Balaban J connectivity index is 1.72. The highest BCUT2D eigenvalue weighted by atomic mass is 32.1. The summed E-state index contributed by atoms with van der Waals surface area (Å²) < 4.78 is 39.2. The monoisotopic (exact) mass is 504 g/mol. The summed E-state index contributed by atoms with van der Waals surface area (Å²) in [5, 5.41) is 7.79. The van der Waals surface area contributed by atoms with Crippen molar-refractivity contribution in [3.63, 3.8) is 0 Å². The van der Waals surface area contributed by atoms with Crippen LogP contribution in [0.15, 0.2) is 53.9 Å². The average Bonchev–Trinajstić information content (AvgIpc) is 3.41. The lowest BCUT2D eigenvalue weighted by atomic mass is 10.2. The number of carbonyl (C=O) groups excluding carboxylic acids is 2. The molecule has 0 aliphatic carbocycles. The number of carbonyl (C=O) groups is 2. The van der Waals surface area contributed by atoms with Crippen LogP contribution in [-0.4, -0.2) is 42.3 Å². The summed E-state index contributed by atoms with van der Waals surface area (Å²) in [4.78, 5) is 33.5. The van der Waals surface area contributed by atoms with Crippen LogP contribution < -0.4 is 10.6 Å². The third kappa shape index (κ3) is 5.27. The molecular formula is C23H19F3N4O2S2. The molecule has 0 radical (unpaired) electrons. The van der Waals surface area contributed by atoms with Crippen LogP contribution in [0.4, 0.5) is 24.5 Å². The van der Waals surface area contributed by atoms with Crippen molar-refractivity contribution in [2.45, 2.75) is 6.18 Å². The maximum absolute atomic E-state index is 13.1. The summed E-state index contributed by atoms with van der Waals surface area (Å²) in [6.07, 6.45) is -4.54. The Morgan fingerprint density at radius 2 is 1.85 bits per heavy atom. The second-order valence-corrected chi connectivity index (χ2v) is 9.60. The number of halogens is 3. The maximum Gasteiger partial charge on any atom is 0.416 e. The molecule has 2 N–H and O–H groups in total. The second kappa shape index (κ2) is 9.53. The van der Waals surface area contributed by atoms with Gasteiger partial charge in [0.25, 0.3) is 5.91 Å². The number of amides is 2. The van der Waals surface area contributed by atoms with Crippen LogP contribution >= 0.6 is 22.7 Å². The summed E-state index contributed by atoms with van der Waals surface area (Å²) >= 11 is 2.58. The number of rotatable bonds is 6. The van der Waals surface area contributed by atoms with E-state index in [0.717, 1.165) is 34.0 Å². The van der Waals surface area contributed by atoms with E-state index in [4.69, 9.17) is 0 Å². The molecule has 1 aromatic carbocycles. The van der Waals surface area contributed by atoms with E-state index in [2.05, 4.69) is 15.6 Å². The van der Waals surface area contributed by atoms with Gasteiger partial charge in [-0.1, -0.05) is 12.1 Å². The Hall–Kier alpha value is -3.28. The first-order valence-electron chi connectivity index (χ1n) is 10.0. The van der Waals surface area contributed by atoms with Gasteiger partial charge in [0, 0.05) is 11.1 Å².